The zero-order chi connectivity index (χ0) is 19.2. The number of furan rings is 1. The van der Waals surface area contributed by atoms with E-state index < -0.39 is 11.9 Å². The van der Waals surface area contributed by atoms with Gasteiger partial charge in [0.1, 0.15) is 6.61 Å². The van der Waals surface area contributed by atoms with E-state index in [2.05, 4.69) is 19.2 Å². The summed E-state index contributed by atoms with van der Waals surface area (Å²) in [6, 6.07) is 17.9. The number of carbonyl (C=O) groups excluding carboxylic acids is 2. The van der Waals surface area contributed by atoms with Gasteiger partial charge in [-0.05, 0) is 41.3 Å². The molecular formula is C22H21NO4. The molecule has 0 aliphatic heterocycles. The highest BCUT2D eigenvalue weighted by atomic mass is 16.5. The van der Waals surface area contributed by atoms with Crippen LogP contribution in [0.4, 0.5) is 5.69 Å². The zero-order valence-corrected chi connectivity index (χ0v) is 15.3. The lowest BCUT2D eigenvalue weighted by Gasteiger charge is -2.11. The van der Waals surface area contributed by atoms with Gasteiger partial charge < -0.3 is 14.5 Å². The normalized spacial score (nSPS) is 10.6. The van der Waals surface area contributed by atoms with Crippen LogP contribution in [0.5, 0.6) is 0 Å². The van der Waals surface area contributed by atoms with Crippen molar-refractivity contribution in [2.45, 2.75) is 26.4 Å². The molecule has 5 heteroatoms. The second-order valence-corrected chi connectivity index (χ2v) is 6.45. The van der Waals surface area contributed by atoms with Gasteiger partial charge in [-0.25, -0.2) is 4.79 Å². The molecule has 0 aliphatic carbocycles. The summed E-state index contributed by atoms with van der Waals surface area (Å²) in [5.74, 6) is -0.308. The first-order valence-electron chi connectivity index (χ1n) is 8.74. The molecule has 1 amide bonds. The van der Waals surface area contributed by atoms with Gasteiger partial charge in [0.15, 0.2) is 5.76 Å². The lowest BCUT2D eigenvalue weighted by molar-refractivity contribution is 0.0474. The van der Waals surface area contributed by atoms with Crippen LogP contribution in [-0.2, 0) is 11.3 Å². The number of benzene rings is 2. The summed E-state index contributed by atoms with van der Waals surface area (Å²) in [7, 11) is 0. The third-order valence-corrected chi connectivity index (χ3v) is 4.16. The molecule has 0 saturated heterocycles. The number of anilines is 1. The van der Waals surface area contributed by atoms with E-state index in [0.29, 0.717) is 11.6 Å². The summed E-state index contributed by atoms with van der Waals surface area (Å²) in [6.45, 7) is 4.42. The van der Waals surface area contributed by atoms with Crippen molar-refractivity contribution in [2.75, 3.05) is 5.32 Å². The quantitative estimate of drug-likeness (QED) is 0.625. The first-order chi connectivity index (χ1) is 13.0. The van der Waals surface area contributed by atoms with E-state index >= 15 is 0 Å². The number of para-hydroxylation sites is 1. The van der Waals surface area contributed by atoms with E-state index in [-0.39, 0.29) is 17.9 Å². The van der Waals surface area contributed by atoms with Crippen molar-refractivity contribution in [3.05, 3.63) is 89.4 Å². The maximum Gasteiger partial charge on any atom is 0.340 e. The number of hydrogen-bond donors (Lipinski definition) is 1. The second kappa shape index (κ2) is 8.36. The maximum absolute atomic E-state index is 12.5. The Hall–Kier alpha value is -3.34. The molecule has 0 radical (unpaired) electrons. The molecule has 0 saturated carbocycles. The van der Waals surface area contributed by atoms with E-state index in [1.807, 2.05) is 24.3 Å². The van der Waals surface area contributed by atoms with Gasteiger partial charge >= 0.3 is 5.97 Å². The molecule has 3 aromatic rings. The van der Waals surface area contributed by atoms with Crippen LogP contribution < -0.4 is 5.32 Å². The van der Waals surface area contributed by atoms with Crippen LogP contribution in [0.15, 0.2) is 71.3 Å². The monoisotopic (exact) mass is 363 g/mol. The topological polar surface area (TPSA) is 68.5 Å². The van der Waals surface area contributed by atoms with Gasteiger partial charge in [0, 0.05) is 0 Å². The average molecular weight is 363 g/mol. The summed E-state index contributed by atoms with van der Waals surface area (Å²) < 4.78 is 10.5. The lowest BCUT2D eigenvalue weighted by Crippen LogP contribution is -2.15. The molecule has 5 nitrogen and oxygen atoms in total. The summed E-state index contributed by atoms with van der Waals surface area (Å²) in [4.78, 5) is 24.6. The number of rotatable bonds is 6. The third kappa shape index (κ3) is 4.64. The van der Waals surface area contributed by atoms with Crippen molar-refractivity contribution < 1.29 is 18.7 Å². The van der Waals surface area contributed by atoms with Gasteiger partial charge in [-0.1, -0.05) is 50.2 Å². The smallest absolute Gasteiger partial charge is 0.340 e. The Labute approximate surface area is 158 Å². The molecule has 0 unspecified atom stereocenters. The minimum absolute atomic E-state index is 0.164. The third-order valence-electron chi connectivity index (χ3n) is 4.16. The van der Waals surface area contributed by atoms with Gasteiger partial charge in [0.05, 0.1) is 17.5 Å². The highest BCUT2D eigenvalue weighted by Gasteiger charge is 2.16. The fourth-order valence-corrected chi connectivity index (χ4v) is 2.59. The molecule has 0 atom stereocenters. The van der Waals surface area contributed by atoms with Crippen LogP contribution >= 0.6 is 0 Å². The van der Waals surface area contributed by atoms with E-state index in [0.717, 1.165) is 5.56 Å². The highest BCUT2D eigenvalue weighted by Crippen LogP contribution is 2.19. The fourth-order valence-electron chi connectivity index (χ4n) is 2.59. The van der Waals surface area contributed by atoms with Gasteiger partial charge in [0.25, 0.3) is 5.91 Å². The van der Waals surface area contributed by atoms with Crippen molar-refractivity contribution in [3.8, 4) is 0 Å². The lowest BCUT2D eigenvalue weighted by atomic mass is 10.0. The molecule has 0 spiro atoms. The Morgan fingerprint density at radius 1 is 1.00 bits per heavy atom. The van der Waals surface area contributed by atoms with Crippen molar-refractivity contribution in [2.24, 2.45) is 0 Å². The van der Waals surface area contributed by atoms with Gasteiger partial charge in [0.2, 0.25) is 0 Å². The predicted molar refractivity (Wildman–Crippen MR) is 103 cm³/mol. The van der Waals surface area contributed by atoms with E-state index in [4.69, 9.17) is 9.15 Å². The van der Waals surface area contributed by atoms with Crippen LogP contribution in [0.1, 0.15) is 51.8 Å². The average Bonchev–Trinajstić information content (AvgIpc) is 3.22. The molecule has 0 fully saturated rings. The predicted octanol–water partition coefficient (Wildman–Crippen LogP) is 5.01. The van der Waals surface area contributed by atoms with Crippen LogP contribution in [0.3, 0.4) is 0 Å². The maximum atomic E-state index is 12.5. The molecule has 1 N–H and O–H groups in total. The molecule has 1 heterocycles. The largest absolute Gasteiger partial charge is 0.459 e. The van der Waals surface area contributed by atoms with Gasteiger partial charge in [-0.2, -0.15) is 0 Å². The highest BCUT2D eigenvalue weighted by molar-refractivity contribution is 6.06. The number of ether oxygens (including phenoxy) is 1. The molecular weight excluding hydrogens is 342 g/mol. The standard InChI is InChI=1S/C22H21NO4/c1-15(2)17-11-9-16(10-12-17)14-27-22(25)18-6-3-4-7-19(18)23-21(24)20-8-5-13-26-20/h3-13,15H,14H2,1-2H3,(H,23,24). The van der Waals surface area contributed by atoms with Crippen LogP contribution in [0, 0.1) is 0 Å². The van der Waals surface area contributed by atoms with E-state index in [9.17, 15) is 9.59 Å². The van der Waals surface area contributed by atoms with Crippen LogP contribution in [-0.4, -0.2) is 11.9 Å². The fraction of sp³-hybridized carbons (Fsp3) is 0.182. The summed E-state index contributed by atoms with van der Waals surface area (Å²) in [6.07, 6.45) is 1.42. The minimum atomic E-state index is -0.502. The molecule has 2 aromatic carbocycles. The molecule has 1 aromatic heterocycles. The zero-order valence-electron chi connectivity index (χ0n) is 15.3. The summed E-state index contributed by atoms with van der Waals surface area (Å²) >= 11 is 0. The summed E-state index contributed by atoms with van der Waals surface area (Å²) in [5.41, 5.74) is 2.80. The minimum Gasteiger partial charge on any atom is -0.459 e. The van der Waals surface area contributed by atoms with Crippen molar-refractivity contribution >= 4 is 17.6 Å². The Balaban J connectivity index is 1.67. The second-order valence-electron chi connectivity index (χ2n) is 6.45. The molecule has 27 heavy (non-hydrogen) atoms. The Kier molecular flexibility index (Phi) is 5.71. The molecule has 0 bridgehead atoms. The summed E-state index contributed by atoms with van der Waals surface area (Å²) in [5, 5.41) is 2.68. The molecule has 0 aliphatic rings. The first kappa shape index (κ1) is 18.5. The van der Waals surface area contributed by atoms with Gasteiger partial charge in [-0.3, -0.25) is 4.79 Å². The van der Waals surface area contributed by atoms with Crippen molar-refractivity contribution in [1.82, 2.24) is 0 Å². The van der Waals surface area contributed by atoms with E-state index in [1.54, 1.807) is 36.4 Å². The Morgan fingerprint density at radius 3 is 2.41 bits per heavy atom. The first-order valence-corrected chi connectivity index (χ1v) is 8.74. The Morgan fingerprint density at radius 2 is 1.74 bits per heavy atom. The number of hydrogen-bond acceptors (Lipinski definition) is 4. The van der Waals surface area contributed by atoms with Gasteiger partial charge in [-0.15, -0.1) is 0 Å². The van der Waals surface area contributed by atoms with E-state index in [1.165, 1.54) is 11.8 Å². The number of nitrogens with one attached hydrogen (secondary N) is 1. The number of amides is 1. The molecule has 3 rings (SSSR count). The molecule has 138 valence electrons. The SMILES string of the molecule is CC(C)c1ccc(COC(=O)c2ccccc2NC(=O)c2ccco2)cc1. The number of esters is 1. The van der Waals surface area contributed by atoms with Crippen LogP contribution in [0.25, 0.3) is 0 Å². The van der Waals surface area contributed by atoms with Crippen molar-refractivity contribution in [3.63, 3.8) is 0 Å². The number of carbonyl (C=O) groups is 2. The van der Waals surface area contributed by atoms with Crippen LogP contribution in [0.2, 0.25) is 0 Å². The Bertz CT molecular complexity index is 912. The van der Waals surface area contributed by atoms with Crippen molar-refractivity contribution in [1.29, 1.82) is 0 Å².